The maximum atomic E-state index is 8.54. The summed E-state index contributed by atoms with van der Waals surface area (Å²) in [6.07, 6.45) is 1.99. The summed E-state index contributed by atoms with van der Waals surface area (Å²) in [5, 5.41) is 0. The Morgan fingerprint density at radius 3 is 2.27 bits per heavy atom. The first kappa shape index (κ1) is 11.3. The van der Waals surface area contributed by atoms with Gasteiger partial charge in [0.2, 0.25) is 0 Å². The predicted octanol–water partition coefficient (Wildman–Crippen LogP) is 0.275. The Kier molecular flexibility index (Phi) is 6.01. The van der Waals surface area contributed by atoms with E-state index in [1.54, 1.807) is 0 Å². The van der Waals surface area contributed by atoms with Crippen molar-refractivity contribution in [1.82, 2.24) is 0 Å². The van der Waals surface area contributed by atoms with E-state index in [-0.39, 0.29) is 12.8 Å². The van der Waals surface area contributed by atoms with Gasteiger partial charge in [0, 0.05) is 0 Å². The first-order valence-corrected chi connectivity index (χ1v) is 5.86. The van der Waals surface area contributed by atoms with Gasteiger partial charge in [-0.2, -0.15) is 0 Å². The van der Waals surface area contributed by atoms with E-state index in [1.807, 2.05) is 6.92 Å². The van der Waals surface area contributed by atoms with Crippen molar-refractivity contribution in [3.8, 4) is 0 Å². The Morgan fingerprint density at radius 2 is 1.82 bits per heavy atom. The van der Waals surface area contributed by atoms with Crippen LogP contribution in [0.1, 0.15) is 19.8 Å². The molecular formula is C6H17O4P. The number of hydrogen-bond acceptors (Lipinski definition) is 4. The second-order valence-corrected chi connectivity index (χ2v) is 4.54. The van der Waals surface area contributed by atoms with Crippen molar-refractivity contribution >= 4 is 7.94 Å². The molecule has 0 aromatic heterocycles. The standard InChI is InChI=1S/C6H17O4P/c1-2-3-4-10-5-6-11(7,8)9/h7-9,11H,2-6H2,1H3. The molecule has 0 heterocycles. The van der Waals surface area contributed by atoms with Gasteiger partial charge in [-0.05, 0) is 0 Å². The summed E-state index contributed by atoms with van der Waals surface area (Å²) in [7, 11) is -3.84. The summed E-state index contributed by atoms with van der Waals surface area (Å²) < 4.78 is 5.00. The molecule has 0 aromatic rings. The molecule has 0 fully saturated rings. The van der Waals surface area contributed by atoms with Crippen LogP contribution in [0.2, 0.25) is 0 Å². The second-order valence-electron chi connectivity index (χ2n) is 2.49. The third-order valence-corrected chi connectivity index (χ3v) is 2.10. The number of hydrogen-bond donors (Lipinski definition) is 3. The van der Waals surface area contributed by atoms with E-state index in [2.05, 4.69) is 0 Å². The maximum absolute atomic E-state index is 8.54. The van der Waals surface area contributed by atoms with Gasteiger partial charge in [-0.15, -0.1) is 0 Å². The minimum atomic E-state index is -3.84. The summed E-state index contributed by atoms with van der Waals surface area (Å²) in [4.78, 5) is 25.6. The number of unbranched alkanes of at least 4 members (excludes halogenated alkanes) is 1. The molecule has 0 unspecified atom stereocenters. The molecule has 0 aliphatic rings. The van der Waals surface area contributed by atoms with Crippen LogP contribution < -0.4 is 0 Å². The molecule has 70 valence electrons. The zero-order valence-electron chi connectivity index (χ0n) is 6.79. The van der Waals surface area contributed by atoms with E-state index in [9.17, 15) is 0 Å². The molecule has 0 saturated heterocycles. The normalized spacial score (nSPS) is 13.5. The van der Waals surface area contributed by atoms with E-state index >= 15 is 0 Å². The van der Waals surface area contributed by atoms with Crippen molar-refractivity contribution in [3.05, 3.63) is 0 Å². The Labute approximate surface area is 67.4 Å². The van der Waals surface area contributed by atoms with Gasteiger partial charge in [-0.1, -0.05) is 0 Å². The molecule has 0 aromatic carbocycles. The molecular weight excluding hydrogens is 167 g/mol. The molecule has 0 amide bonds. The molecule has 0 rings (SSSR count). The minimum absolute atomic E-state index is 0.0310. The van der Waals surface area contributed by atoms with Crippen LogP contribution in [-0.4, -0.2) is 34.1 Å². The molecule has 0 radical (unpaired) electrons. The van der Waals surface area contributed by atoms with Crippen LogP contribution in [0.15, 0.2) is 0 Å². The van der Waals surface area contributed by atoms with Gasteiger partial charge >= 0.3 is 66.5 Å². The zero-order valence-corrected chi connectivity index (χ0v) is 7.79. The Bertz CT molecular complexity index is 91.1. The van der Waals surface area contributed by atoms with Gasteiger partial charge in [-0.25, -0.2) is 0 Å². The number of ether oxygens (including phenoxy) is 1. The number of rotatable bonds is 6. The predicted molar refractivity (Wildman–Crippen MR) is 45.6 cm³/mol. The molecule has 3 N–H and O–H groups in total. The molecule has 0 bridgehead atoms. The topological polar surface area (TPSA) is 69.9 Å². The summed E-state index contributed by atoms with van der Waals surface area (Å²) in [6, 6.07) is 0. The van der Waals surface area contributed by atoms with Crippen LogP contribution in [0, 0.1) is 0 Å². The van der Waals surface area contributed by atoms with Crippen molar-refractivity contribution in [2.75, 3.05) is 19.4 Å². The molecule has 0 aliphatic heterocycles. The van der Waals surface area contributed by atoms with Crippen LogP contribution >= 0.6 is 7.94 Å². The van der Waals surface area contributed by atoms with Gasteiger partial charge in [0.25, 0.3) is 0 Å². The fourth-order valence-electron chi connectivity index (χ4n) is 0.558. The van der Waals surface area contributed by atoms with E-state index in [4.69, 9.17) is 19.4 Å². The van der Waals surface area contributed by atoms with Crippen molar-refractivity contribution in [3.63, 3.8) is 0 Å². The first-order chi connectivity index (χ1) is 5.06. The van der Waals surface area contributed by atoms with Crippen molar-refractivity contribution in [2.24, 2.45) is 0 Å². The SMILES string of the molecule is CCCCOCC[PH](O)(O)O. The average molecular weight is 184 g/mol. The molecule has 0 spiro atoms. The van der Waals surface area contributed by atoms with E-state index in [0.29, 0.717) is 6.61 Å². The van der Waals surface area contributed by atoms with Crippen molar-refractivity contribution in [2.45, 2.75) is 19.8 Å². The molecule has 0 atom stereocenters. The molecule has 4 nitrogen and oxygen atoms in total. The Balaban J connectivity index is 3.02. The van der Waals surface area contributed by atoms with Crippen molar-refractivity contribution < 1.29 is 19.4 Å². The monoisotopic (exact) mass is 184 g/mol. The third-order valence-electron chi connectivity index (χ3n) is 1.22. The zero-order chi connectivity index (χ0) is 8.74. The Hall–Kier alpha value is 0.270. The third kappa shape index (κ3) is 10.3. The van der Waals surface area contributed by atoms with Gasteiger partial charge in [0.15, 0.2) is 0 Å². The Morgan fingerprint density at radius 1 is 1.18 bits per heavy atom. The quantitative estimate of drug-likeness (QED) is 0.409. The van der Waals surface area contributed by atoms with E-state index in [0.717, 1.165) is 12.8 Å². The van der Waals surface area contributed by atoms with Gasteiger partial charge in [0.1, 0.15) is 0 Å². The average Bonchev–Trinajstić information content (AvgIpc) is 1.85. The van der Waals surface area contributed by atoms with Crippen LogP contribution in [0.25, 0.3) is 0 Å². The van der Waals surface area contributed by atoms with Crippen LogP contribution in [-0.2, 0) is 4.74 Å². The molecule has 0 aliphatic carbocycles. The summed E-state index contributed by atoms with van der Waals surface area (Å²) in [6.45, 7) is 2.91. The van der Waals surface area contributed by atoms with Crippen LogP contribution in [0.5, 0.6) is 0 Å². The van der Waals surface area contributed by atoms with Crippen LogP contribution in [0.4, 0.5) is 0 Å². The fourth-order valence-corrected chi connectivity index (χ4v) is 0.976. The summed E-state index contributed by atoms with van der Waals surface area (Å²) in [5.74, 6) is 0. The molecule has 0 saturated carbocycles. The summed E-state index contributed by atoms with van der Waals surface area (Å²) >= 11 is 0. The van der Waals surface area contributed by atoms with Gasteiger partial charge < -0.3 is 0 Å². The first-order valence-electron chi connectivity index (χ1n) is 3.81. The van der Waals surface area contributed by atoms with Gasteiger partial charge in [0.05, 0.1) is 0 Å². The van der Waals surface area contributed by atoms with Gasteiger partial charge in [-0.3, -0.25) is 0 Å². The van der Waals surface area contributed by atoms with Crippen LogP contribution in [0.3, 0.4) is 0 Å². The molecule has 5 heteroatoms. The van der Waals surface area contributed by atoms with E-state index in [1.165, 1.54) is 0 Å². The summed E-state index contributed by atoms with van der Waals surface area (Å²) in [5.41, 5.74) is 0. The van der Waals surface area contributed by atoms with E-state index < -0.39 is 7.94 Å². The van der Waals surface area contributed by atoms with Crippen molar-refractivity contribution in [1.29, 1.82) is 0 Å². The fraction of sp³-hybridized carbons (Fsp3) is 1.00. The second kappa shape index (κ2) is 5.86. The molecule has 11 heavy (non-hydrogen) atoms.